The molecule has 1 aliphatic carbocycles. The number of aromatic nitrogens is 2. The zero-order valence-electron chi connectivity index (χ0n) is 13.8. The van der Waals surface area contributed by atoms with Crippen molar-refractivity contribution in [3.05, 3.63) is 29.0 Å². The first-order valence-electron chi connectivity index (χ1n) is 7.77. The lowest BCUT2D eigenvalue weighted by atomic mass is 9.83. The van der Waals surface area contributed by atoms with Crippen molar-refractivity contribution in [2.24, 2.45) is 11.7 Å². The number of benzene rings is 1. The van der Waals surface area contributed by atoms with E-state index in [9.17, 15) is 9.90 Å². The van der Waals surface area contributed by atoms with Crippen molar-refractivity contribution in [2.75, 3.05) is 7.05 Å². The third kappa shape index (κ3) is 4.99. The van der Waals surface area contributed by atoms with Gasteiger partial charge in [-0.1, -0.05) is 11.6 Å². The SMILES string of the molecule is CN(Cc1nc2ccc(Cl)cc2[nH]1)C(=O)[C@H]1CC[C@@H](N)[C@H](O)C1.Cl.Cl. The second-order valence-corrected chi connectivity index (χ2v) is 6.72. The number of aliphatic hydroxyl groups is 1. The Morgan fingerprint density at radius 2 is 2.16 bits per heavy atom. The minimum Gasteiger partial charge on any atom is -0.391 e. The summed E-state index contributed by atoms with van der Waals surface area (Å²) in [6.45, 7) is 0.393. The van der Waals surface area contributed by atoms with E-state index in [-0.39, 0.29) is 42.7 Å². The van der Waals surface area contributed by atoms with Gasteiger partial charge in [0, 0.05) is 24.0 Å². The number of amides is 1. The molecule has 4 N–H and O–H groups in total. The highest BCUT2D eigenvalue weighted by Crippen LogP contribution is 2.26. The number of carbonyl (C=O) groups excluding carboxylic acids is 1. The van der Waals surface area contributed by atoms with Crippen molar-refractivity contribution < 1.29 is 9.90 Å². The predicted molar refractivity (Wildman–Crippen MR) is 103 cm³/mol. The Morgan fingerprint density at radius 3 is 2.84 bits per heavy atom. The molecule has 0 spiro atoms. The van der Waals surface area contributed by atoms with Crippen LogP contribution in [0.1, 0.15) is 25.1 Å². The molecule has 9 heteroatoms. The van der Waals surface area contributed by atoms with Gasteiger partial charge in [-0.3, -0.25) is 4.79 Å². The summed E-state index contributed by atoms with van der Waals surface area (Å²) in [6.07, 6.45) is 1.23. The van der Waals surface area contributed by atoms with Crippen LogP contribution in [0.15, 0.2) is 18.2 Å². The van der Waals surface area contributed by atoms with Gasteiger partial charge >= 0.3 is 0 Å². The zero-order valence-corrected chi connectivity index (χ0v) is 16.2. The van der Waals surface area contributed by atoms with Gasteiger partial charge in [-0.15, -0.1) is 24.8 Å². The molecule has 0 saturated heterocycles. The topological polar surface area (TPSA) is 95.2 Å². The molecule has 1 heterocycles. The van der Waals surface area contributed by atoms with Crippen molar-refractivity contribution >= 4 is 53.4 Å². The summed E-state index contributed by atoms with van der Waals surface area (Å²) in [5.74, 6) is 0.564. The zero-order chi connectivity index (χ0) is 16.6. The summed E-state index contributed by atoms with van der Waals surface area (Å²) < 4.78 is 0. The number of rotatable bonds is 3. The summed E-state index contributed by atoms with van der Waals surface area (Å²) >= 11 is 5.96. The molecule has 1 fully saturated rings. The molecular formula is C16H23Cl3N4O2. The summed E-state index contributed by atoms with van der Waals surface area (Å²) in [4.78, 5) is 21.8. The maximum Gasteiger partial charge on any atom is 0.225 e. The number of aliphatic hydroxyl groups excluding tert-OH is 1. The number of fused-ring (bicyclic) bond motifs is 1. The maximum absolute atomic E-state index is 12.5. The normalized spacial score (nSPS) is 22.8. The number of hydrogen-bond acceptors (Lipinski definition) is 4. The van der Waals surface area contributed by atoms with Crippen LogP contribution in [0, 0.1) is 5.92 Å². The second-order valence-electron chi connectivity index (χ2n) is 6.28. The number of H-pyrrole nitrogens is 1. The Kier molecular flexibility index (Phi) is 7.96. The molecule has 6 nitrogen and oxygen atoms in total. The first-order chi connectivity index (χ1) is 10.9. The summed E-state index contributed by atoms with van der Waals surface area (Å²) in [5, 5.41) is 10.5. The van der Waals surface area contributed by atoms with E-state index in [1.165, 1.54) is 0 Å². The number of nitrogens with one attached hydrogen (secondary N) is 1. The standard InChI is InChI=1S/C16H21ClN4O2.2ClH/c1-21(16(23)9-2-4-11(18)14(22)6-9)8-15-19-12-5-3-10(17)7-13(12)20-15;;/h3,5,7,9,11,14,22H,2,4,6,8,18H2,1H3,(H,19,20);2*1H/t9-,11+,14+;;/m0../s1. The lowest BCUT2D eigenvalue weighted by Crippen LogP contribution is -2.44. The van der Waals surface area contributed by atoms with Gasteiger partial charge in [0.2, 0.25) is 5.91 Å². The van der Waals surface area contributed by atoms with Crippen LogP contribution in [-0.4, -0.2) is 45.1 Å². The van der Waals surface area contributed by atoms with Gasteiger partial charge in [0.05, 0.1) is 23.7 Å². The number of hydrogen-bond donors (Lipinski definition) is 3. The van der Waals surface area contributed by atoms with E-state index in [0.717, 1.165) is 17.5 Å². The van der Waals surface area contributed by atoms with Gasteiger partial charge in [0.1, 0.15) is 5.82 Å². The summed E-state index contributed by atoms with van der Waals surface area (Å²) in [7, 11) is 1.75. The van der Waals surface area contributed by atoms with E-state index in [2.05, 4.69) is 9.97 Å². The minimum atomic E-state index is -0.598. The lowest BCUT2D eigenvalue weighted by molar-refractivity contribution is -0.137. The molecule has 2 aromatic rings. The minimum absolute atomic E-state index is 0. The average Bonchev–Trinajstić information content (AvgIpc) is 2.90. The van der Waals surface area contributed by atoms with E-state index in [4.69, 9.17) is 17.3 Å². The van der Waals surface area contributed by atoms with Crippen LogP contribution in [0.4, 0.5) is 0 Å². The van der Waals surface area contributed by atoms with E-state index in [1.54, 1.807) is 18.0 Å². The van der Waals surface area contributed by atoms with Crippen LogP contribution in [0.2, 0.25) is 5.02 Å². The van der Waals surface area contributed by atoms with Crippen LogP contribution in [0.5, 0.6) is 0 Å². The Bertz CT molecular complexity index is 724. The van der Waals surface area contributed by atoms with Crippen molar-refractivity contribution in [1.29, 1.82) is 0 Å². The Hall–Kier alpha value is -1.05. The van der Waals surface area contributed by atoms with Crippen LogP contribution in [0.25, 0.3) is 11.0 Å². The second kappa shape index (κ2) is 9.05. The number of carbonyl (C=O) groups is 1. The number of imidazole rings is 1. The molecule has 0 unspecified atom stereocenters. The quantitative estimate of drug-likeness (QED) is 0.726. The molecule has 1 amide bonds. The third-order valence-corrected chi connectivity index (χ3v) is 4.71. The highest BCUT2D eigenvalue weighted by Gasteiger charge is 2.32. The van der Waals surface area contributed by atoms with Crippen molar-refractivity contribution in [2.45, 2.75) is 38.0 Å². The molecule has 0 bridgehead atoms. The molecule has 25 heavy (non-hydrogen) atoms. The molecular weight excluding hydrogens is 387 g/mol. The van der Waals surface area contributed by atoms with E-state index in [1.807, 2.05) is 12.1 Å². The molecule has 1 aromatic carbocycles. The first-order valence-corrected chi connectivity index (χ1v) is 8.14. The summed E-state index contributed by atoms with van der Waals surface area (Å²) in [6, 6.07) is 5.23. The van der Waals surface area contributed by atoms with Gasteiger partial charge < -0.3 is 20.7 Å². The van der Waals surface area contributed by atoms with Crippen LogP contribution in [-0.2, 0) is 11.3 Å². The Balaban J connectivity index is 0.00000156. The number of halogens is 3. The Labute approximate surface area is 163 Å². The fourth-order valence-electron chi connectivity index (χ4n) is 3.12. The average molecular weight is 410 g/mol. The fraction of sp³-hybridized carbons (Fsp3) is 0.500. The van der Waals surface area contributed by atoms with Crippen molar-refractivity contribution in [3.63, 3.8) is 0 Å². The molecule has 140 valence electrons. The predicted octanol–water partition coefficient (Wildman–Crippen LogP) is 2.51. The molecule has 0 radical (unpaired) electrons. The van der Waals surface area contributed by atoms with Gasteiger partial charge in [0.25, 0.3) is 0 Å². The van der Waals surface area contributed by atoms with Crippen LogP contribution in [0.3, 0.4) is 0 Å². The molecule has 0 aliphatic heterocycles. The molecule has 1 aromatic heterocycles. The monoisotopic (exact) mass is 408 g/mol. The van der Waals surface area contributed by atoms with Crippen LogP contribution >= 0.6 is 36.4 Å². The van der Waals surface area contributed by atoms with Crippen LogP contribution < -0.4 is 5.73 Å². The van der Waals surface area contributed by atoms with Crippen molar-refractivity contribution in [1.82, 2.24) is 14.9 Å². The molecule has 3 atom stereocenters. The van der Waals surface area contributed by atoms with Gasteiger partial charge in [-0.25, -0.2) is 4.98 Å². The molecule has 3 rings (SSSR count). The smallest absolute Gasteiger partial charge is 0.225 e. The number of aromatic amines is 1. The lowest BCUT2D eigenvalue weighted by Gasteiger charge is -2.32. The van der Waals surface area contributed by atoms with Crippen molar-refractivity contribution in [3.8, 4) is 0 Å². The van der Waals surface area contributed by atoms with E-state index >= 15 is 0 Å². The van der Waals surface area contributed by atoms with E-state index < -0.39 is 6.10 Å². The number of nitrogens with two attached hydrogens (primary N) is 1. The third-order valence-electron chi connectivity index (χ3n) is 4.47. The maximum atomic E-state index is 12.5. The summed E-state index contributed by atoms with van der Waals surface area (Å²) in [5.41, 5.74) is 7.47. The highest BCUT2D eigenvalue weighted by molar-refractivity contribution is 6.31. The van der Waals surface area contributed by atoms with Gasteiger partial charge in [-0.05, 0) is 37.5 Å². The largest absolute Gasteiger partial charge is 0.391 e. The van der Waals surface area contributed by atoms with E-state index in [0.29, 0.717) is 30.2 Å². The van der Waals surface area contributed by atoms with Gasteiger partial charge in [-0.2, -0.15) is 0 Å². The number of nitrogens with zero attached hydrogens (tertiary/aromatic N) is 2. The fourth-order valence-corrected chi connectivity index (χ4v) is 3.29. The first kappa shape index (κ1) is 22.0. The Morgan fingerprint density at radius 1 is 1.44 bits per heavy atom. The highest BCUT2D eigenvalue weighted by atomic mass is 35.5. The van der Waals surface area contributed by atoms with Gasteiger partial charge in [0.15, 0.2) is 0 Å². The molecule has 1 saturated carbocycles. The molecule has 1 aliphatic rings.